The molecule has 0 saturated carbocycles. The summed E-state index contributed by atoms with van der Waals surface area (Å²) in [6.45, 7) is 2.36. The first-order chi connectivity index (χ1) is 16.8. The quantitative estimate of drug-likeness (QED) is 0.288. The number of halogens is 2. The zero-order valence-corrected chi connectivity index (χ0v) is 18.9. The molecule has 8 nitrogen and oxygen atoms in total. The van der Waals surface area contributed by atoms with E-state index in [4.69, 9.17) is 5.11 Å². The first-order valence-corrected chi connectivity index (χ1v) is 11.0. The number of anilines is 1. The maximum absolute atomic E-state index is 14.0. The SMILES string of the molecule is Cc1nc(NC(C)c2cccc(C(F)(F)CO)c2)c2cc(-c3ccc(=O)[nH]c3)c3[nH]ncc3c2n1. The average molecular weight is 476 g/mol. The van der Waals surface area contributed by atoms with Crippen LogP contribution in [0, 0.1) is 6.92 Å². The highest BCUT2D eigenvalue weighted by Gasteiger charge is 2.30. The van der Waals surface area contributed by atoms with E-state index in [9.17, 15) is 13.6 Å². The highest BCUT2D eigenvalue weighted by Crippen LogP contribution is 2.36. The monoisotopic (exact) mass is 476 g/mol. The molecule has 0 aliphatic rings. The molecule has 10 heteroatoms. The van der Waals surface area contributed by atoms with Gasteiger partial charge in [-0.05, 0) is 37.6 Å². The van der Waals surface area contributed by atoms with E-state index in [-0.39, 0.29) is 17.2 Å². The molecule has 3 aromatic heterocycles. The maximum atomic E-state index is 14.0. The maximum Gasteiger partial charge on any atom is 0.295 e. The Morgan fingerprint density at radius 2 is 1.97 bits per heavy atom. The van der Waals surface area contributed by atoms with Crippen LogP contribution in [-0.4, -0.2) is 36.9 Å². The van der Waals surface area contributed by atoms with Crippen molar-refractivity contribution in [3.63, 3.8) is 0 Å². The number of nitrogens with zero attached hydrogens (tertiary/aromatic N) is 3. The normalized spacial score (nSPS) is 12.8. The van der Waals surface area contributed by atoms with Crippen molar-refractivity contribution in [2.45, 2.75) is 25.8 Å². The Morgan fingerprint density at radius 1 is 1.14 bits per heavy atom. The summed E-state index contributed by atoms with van der Waals surface area (Å²) in [5.74, 6) is -2.26. The lowest BCUT2D eigenvalue weighted by atomic mass is 10.00. The largest absolute Gasteiger partial charge is 0.390 e. The van der Waals surface area contributed by atoms with Crippen LogP contribution in [-0.2, 0) is 5.92 Å². The third kappa shape index (κ3) is 4.12. The Morgan fingerprint density at radius 3 is 2.71 bits per heavy atom. The Labute approximate surface area is 198 Å². The molecule has 2 aromatic carbocycles. The topological polar surface area (TPSA) is 120 Å². The molecule has 35 heavy (non-hydrogen) atoms. The molecule has 5 rings (SSSR count). The lowest BCUT2D eigenvalue weighted by Gasteiger charge is -2.20. The first-order valence-electron chi connectivity index (χ1n) is 11.0. The van der Waals surface area contributed by atoms with Crippen molar-refractivity contribution in [1.82, 2.24) is 25.1 Å². The lowest BCUT2D eigenvalue weighted by molar-refractivity contribution is -0.0556. The standard InChI is InChI=1S/C25H22F2N6O2/c1-13(15-4-3-5-17(8-15)25(26,27)12-34)30-24-19-9-18(16-6-7-21(35)28-10-16)23-20(11-29-33-23)22(19)31-14(2)32-24/h3-11,13,34H,12H2,1-2H3,(H,28,35)(H,29,33)(H,30,31,32). The number of aliphatic hydroxyl groups is 1. The minimum absolute atomic E-state index is 0.209. The van der Waals surface area contributed by atoms with E-state index in [1.165, 1.54) is 18.2 Å². The van der Waals surface area contributed by atoms with Crippen LogP contribution in [0.2, 0.25) is 0 Å². The van der Waals surface area contributed by atoms with Crippen LogP contribution in [0.5, 0.6) is 0 Å². The number of H-pyrrole nitrogens is 2. The second kappa shape index (κ2) is 8.55. The van der Waals surface area contributed by atoms with Crippen molar-refractivity contribution in [3.8, 4) is 11.1 Å². The van der Waals surface area contributed by atoms with Crippen LogP contribution in [0.25, 0.3) is 32.9 Å². The number of aromatic nitrogens is 5. The number of benzene rings is 2. The van der Waals surface area contributed by atoms with Gasteiger partial charge in [-0.2, -0.15) is 13.9 Å². The Balaban J connectivity index is 1.63. The van der Waals surface area contributed by atoms with Gasteiger partial charge in [-0.25, -0.2) is 9.97 Å². The zero-order chi connectivity index (χ0) is 24.7. The molecule has 0 saturated heterocycles. The highest BCUT2D eigenvalue weighted by atomic mass is 19.3. The number of alkyl halides is 2. The molecule has 0 aliphatic carbocycles. The van der Waals surface area contributed by atoms with E-state index in [1.807, 2.05) is 13.0 Å². The van der Waals surface area contributed by atoms with Crippen LogP contribution in [0.1, 0.15) is 29.9 Å². The van der Waals surface area contributed by atoms with Crippen LogP contribution in [0.4, 0.5) is 14.6 Å². The molecule has 0 amide bonds. The number of nitrogens with one attached hydrogen (secondary N) is 3. The zero-order valence-electron chi connectivity index (χ0n) is 18.9. The van der Waals surface area contributed by atoms with Gasteiger partial charge < -0.3 is 15.4 Å². The summed E-state index contributed by atoms with van der Waals surface area (Å²) in [5.41, 5.74) is 3.18. The lowest BCUT2D eigenvalue weighted by Crippen LogP contribution is -2.19. The molecule has 0 radical (unpaired) electrons. The summed E-state index contributed by atoms with van der Waals surface area (Å²) < 4.78 is 28.1. The summed E-state index contributed by atoms with van der Waals surface area (Å²) >= 11 is 0. The van der Waals surface area contributed by atoms with E-state index < -0.39 is 12.5 Å². The van der Waals surface area contributed by atoms with Crippen molar-refractivity contribution in [1.29, 1.82) is 0 Å². The van der Waals surface area contributed by atoms with Crippen molar-refractivity contribution in [3.05, 3.63) is 82.2 Å². The molecule has 0 bridgehead atoms. The van der Waals surface area contributed by atoms with Crippen LogP contribution >= 0.6 is 0 Å². The van der Waals surface area contributed by atoms with E-state index in [0.29, 0.717) is 22.7 Å². The van der Waals surface area contributed by atoms with Crippen LogP contribution in [0.3, 0.4) is 0 Å². The van der Waals surface area contributed by atoms with Gasteiger partial charge in [0.2, 0.25) is 5.56 Å². The number of aryl methyl sites for hydroxylation is 1. The fraction of sp³-hybridized carbons (Fsp3) is 0.200. The van der Waals surface area contributed by atoms with Gasteiger partial charge in [0.15, 0.2) is 0 Å². The molecule has 5 aromatic rings. The van der Waals surface area contributed by atoms with Gasteiger partial charge in [-0.1, -0.05) is 18.2 Å². The highest BCUT2D eigenvalue weighted by molar-refractivity contribution is 6.13. The van der Waals surface area contributed by atoms with Gasteiger partial charge >= 0.3 is 0 Å². The summed E-state index contributed by atoms with van der Waals surface area (Å²) in [6, 6.07) is 10.7. The van der Waals surface area contributed by atoms with Gasteiger partial charge in [0.25, 0.3) is 5.92 Å². The predicted molar refractivity (Wildman–Crippen MR) is 129 cm³/mol. The second-order valence-corrected chi connectivity index (χ2v) is 8.39. The second-order valence-electron chi connectivity index (χ2n) is 8.39. The molecule has 1 unspecified atom stereocenters. The fourth-order valence-electron chi connectivity index (χ4n) is 4.14. The molecule has 178 valence electrons. The minimum atomic E-state index is -3.33. The van der Waals surface area contributed by atoms with Gasteiger partial charge in [0, 0.05) is 45.8 Å². The van der Waals surface area contributed by atoms with Gasteiger partial charge in [-0.15, -0.1) is 0 Å². The van der Waals surface area contributed by atoms with Crippen molar-refractivity contribution < 1.29 is 13.9 Å². The molecular formula is C25H22F2N6O2. The van der Waals surface area contributed by atoms with Gasteiger partial charge in [0.05, 0.1) is 17.2 Å². The Hall–Kier alpha value is -4.18. The number of pyridine rings is 1. The average Bonchev–Trinajstić information content (AvgIpc) is 3.35. The Bertz CT molecular complexity index is 1590. The molecular weight excluding hydrogens is 454 g/mol. The van der Waals surface area contributed by atoms with Crippen molar-refractivity contribution >= 4 is 27.6 Å². The van der Waals surface area contributed by atoms with Crippen LogP contribution < -0.4 is 10.9 Å². The minimum Gasteiger partial charge on any atom is -0.390 e. The third-order valence-corrected chi connectivity index (χ3v) is 5.97. The summed E-state index contributed by atoms with van der Waals surface area (Å²) in [5, 5.41) is 21.1. The third-order valence-electron chi connectivity index (χ3n) is 5.97. The van der Waals surface area contributed by atoms with Gasteiger partial charge in [-0.3, -0.25) is 9.89 Å². The fourth-order valence-corrected chi connectivity index (χ4v) is 4.14. The smallest absolute Gasteiger partial charge is 0.295 e. The van der Waals surface area contributed by atoms with E-state index in [0.717, 1.165) is 27.4 Å². The number of aromatic amines is 2. The summed E-state index contributed by atoms with van der Waals surface area (Å²) in [6.07, 6.45) is 3.31. The van der Waals surface area contributed by atoms with Crippen LogP contribution in [0.15, 0.2) is 59.7 Å². The van der Waals surface area contributed by atoms with E-state index in [1.54, 1.807) is 37.5 Å². The molecule has 3 heterocycles. The molecule has 0 aliphatic heterocycles. The number of aliphatic hydroxyl groups excluding tert-OH is 1. The summed E-state index contributed by atoms with van der Waals surface area (Å²) in [7, 11) is 0. The van der Waals surface area contributed by atoms with Gasteiger partial charge in [0.1, 0.15) is 18.2 Å². The molecule has 4 N–H and O–H groups in total. The number of hydrogen-bond acceptors (Lipinski definition) is 6. The number of hydrogen-bond donors (Lipinski definition) is 4. The number of fused-ring (bicyclic) bond motifs is 3. The Kier molecular flexibility index (Phi) is 5.52. The van der Waals surface area contributed by atoms with Crippen molar-refractivity contribution in [2.75, 3.05) is 11.9 Å². The molecule has 0 spiro atoms. The predicted octanol–water partition coefficient (Wildman–Crippen LogP) is 4.43. The summed E-state index contributed by atoms with van der Waals surface area (Å²) in [4.78, 5) is 23.5. The first kappa shape index (κ1) is 22.6. The molecule has 0 fully saturated rings. The van der Waals surface area contributed by atoms with E-state index in [2.05, 4.69) is 30.5 Å². The van der Waals surface area contributed by atoms with E-state index >= 15 is 0 Å². The molecule has 1 atom stereocenters. The van der Waals surface area contributed by atoms with Crippen molar-refractivity contribution in [2.24, 2.45) is 0 Å². The number of rotatable bonds is 6.